The molecule has 9 nitrogen and oxygen atoms in total. The van der Waals surface area contributed by atoms with Crippen LogP contribution in [0.4, 0.5) is 5.95 Å². The summed E-state index contributed by atoms with van der Waals surface area (Å²) in [6.45, 7) is 1.48. The molecule has 0 aliphatic rings. The summed E-state index contributed by atoms with van der Waals surface area (Å²) in [7, 11) is 1.58. The third kappa shape index (κ3) is 5.04. The van der Waals surface area contributed by atoms with Gasteiger partial charge in [-0.2, -0.15) is 5.10 Å². The summed E-state index contributed by atoms with van der Waals surface area (Å²) in [4.78, 5) is 33.4. The number of esters is 1. The Hall–Kier alpha value is -4.53. The Bertz CT molecular complexity index is 1240. The number of benzene rings is 2. The van der Waals surface area contributed by atoms with Crippen LogP contribution in [-0.4, -0.2) is 44.8 Å². The maximum atomic E-state index is 13.1. The van der Waals surface area contributed by atoms with E-state index in [0.717, 1.165) is 5.69 Å². The third-order valence-electron chi connectivity index (χ3n) is 4.77. The van der Waals surface area contributed by atoms with Gasteiger partial charge in [0.2, 0.25) is 5.95 Å². The summed E-state index contributed by atoms with van der Waals surface area (Å²) < 4.78 is 12.3. The van der Waals surface area contributed by atoms with Crippen LogP contribution < -0.4 is 10.1 Å². The van der Waals surface area contributed by atoms with Gasteiger partial charge in [0.05, 0.1) is 12.8 Å². The van der Waals surface area contributed by atoms with Crippen molar-refractivity contribution in [3.8, 4) is 22.7 Å². The summed E-state index contributed by atoms with van der Waals surface area (Å²) >= 11 is 0. The standard InChI is InChI=1S/C24H21N5O4/c1-16(22(30)27-24-25-13-6-14-26-24)33-23(31)20-15-29(18-7-4-3-5-8-18)28-21(20)17-9-11-19(32-2)12-10-17/h3-16H,1-2H3,(H,25,26,27,30). The Balaban J connectivity index is 1.61. The number of hydrogen-bond donors (Lipinski definition) is 1. The van der Waals surface area contributed by atoms with Crippen LogP contribution in [0.15, 0.2) is 79.3 Å². The van der Waals surface area contributed by atoms with E-state index in [-0.39, 0.29) is 11.5 Å². The van der Waals surface area contributed by atoms with Crippen LogP contribution in [0.1, 0.15) is 17.3 Å². The number of carbonyl (C=O) groups excluding carboxylic acids is 2. The van der Waals surface area contributed by atoms with Gasteiger partial charge >= 0.3 is 5.97 Å². The molecule has 9 heteroatoms. The van der Waals surface area contributed by atoms with Crippen molar-refractivity contribution in [2.24, 2.45) is 0 Å². The average Bonchev–Trinajstić information content (AvgIpc) is 3.31. The number of nitrogens with zero attached hydrogens (tertiary/aromatic N) is 4. The molecule has 166 valence electrons. The smallest absolute Gasteiger partial charge is 0.342 e. The van der Waals surface area contributed by atoms with E-state index in [1.54, 1.807) is 48.3 Å². The zero-order chi connectivity index (χ0) is 23.2. The van der Waals surface area contributed by atoms with E-state index in [1.807, 2.05) is 30.3 Å². The van der Waals surface area contributed by atoms with Crippen molar-refractivity contribution < 1.29 is 19.1 Å². The largest absolute Gasteiger partial charge is 0.497 e. The normalized spacial score (nSPS) is 11.5. The highest BCUT2D eigenvalue weighted by Crippen LogP contribution is 2.26. The molecule has 33 heavy (non-hydrogen) atoms. The van der Waals surface area contributed by atoms with Crippen LogP contribution in [0.5, 0.6) is 5.75 Å². The van der Waals surface area contributed by atoms with Crippen LogP contribution >= 0.6 is 0 Å². The lowest BCUT2D eigenvalue weighted by atomic mass is 10.1. The summed E-state index contributed by atoms with van der Waals surface area (Å²) in [5, 5.41) is 7.12. The first-order valence-electron chi connectivity index (χ1n) is 10.1. The van der Waals surface area contributed by atoms with Gasteiger partial charge in [-0.3, -0.25) is 10.1 Å². The highest BCUT2D eigenvalue weighted by atomic mass is 16.5. The molecule has 0 aliphatic heterocycles. The molecular formula is C24H21N5O4. The summed E-state index contributed by atoms with van der Waals surface area (Å²) in [6, 6.07) is 18.2. The lowest BCUT2D eigenvalue weighted by Gasteiger charge is -2.12. The molecule has 1 N–H and O–H groups in total. The Labute approximate surface area is 190 Å². The first-order chi connectivity index (χ1) is 16.0. The first kappa shape index (κ1) is 21.7. The average molecular weight is 443 g/mol. The van der Waals surface area contributed by atoms with Gasteiger partial charge in [0.25, 0.3) is 5.91 Å². The fraction of sp³-hybridized carbons (Fsp3) is 0.125. The minimum Gasteiger partial charge on any atom is -0.497 e. The van der Waals surface area contributed by atoms with E-state index in [1.165, 1.54) is 19.3 Å². The summed E-state index contributed by atoms with van der Waals surface area (Å²) in [5.41, 5.74) is 2.12. The van der Waals surface area contributed by atoms with Crippen LogP contribution in [0.2, 0.25) is 0 Å². The molecule has 0 fully saturated rings. The monoisotopic (exact) mass is 443 g/mol. The molecule has 0 spiro atoms. The Morgan fingerprint density at radius 2 is 1.67 bits per heavy atom. The van der Waals surface area contributed by atoms with Crippen molar-refractivity contribution in [1.82, 2.24) is 19.7 Å². The second-order valence-corrected chi connectivity index (χ2v) is 7.01. The van der Waals surface area contributed by atoms with Crippen molar-refractivity contribution in [2.45, 2.75) is 13.0 Å². The third-order valence-corrected chi connectivity index (χ3v) is 4.77. The first-order valence-corrected chi connectivity index (χ1v) is 10.1. The molecule has 1 unspecified atom stereocenters. The highest BCUT2D eigenvalue weighted by molar-refractivity contribution is 5.99. The number of rotatable bonds is 7. The zero-order valence-corrected chi connectivity index (χ0v) is 18.0. The number of amides is 1. The fourth-order valence-corrected chi connectivity index (χ4v) is 3.05. The molecule has 4 rings (SSSR count). The number of ether oxygens (including phenoxy) is 2. The predicted molar refractivity (Wildman–Crippen MR) is 121 cm³/mol. The number of para-hydroxylation sites is 1. The molecule has 2 heterocycles. The lowest BCUT2D eigenvalue weighted by Crippen LogP contribution is -2.30. The van der Waals surface area contributed by atoms with E-state index in [2.05, 4.69) is 20.4 Å². The van der Waals surface area contributed by atoms with Crippen molar-refractivity contribution in [2.75, 3.05) is 12.4 Å². The minimum absolute atomic E-state index is 0.126. The maximum absolute atomic E-state index is 13.1. The van der Waals surface area contributed by atoms with Gasteiger partial charge in [0.1, 0.15) is 17.0 Å². The van der Waals surface area contributed by atoms with E-state index in [4.69, 9.17) is 9.47 Å². The van der Waals surface area contributed by atoms with Crippen LogP contribution in [-0.2, 0) is 9.53 Å². The second-order valence-electron chi connectivity index (χ2n) is 7.01. The number of anilines is 1. The highest BCUT2D eigenvalue weighted by Gasteiger charge is 2.25. The van der Waals surface area contributed by atoms with Crippen LogP contribution in [0.25, 0.3) is 16.9 Å². The van der Waals surface area contributed by atoms with E-state index < -0.39 is 18.0 Å². The molecule has 1 amide bonds. The zero-order valence-electron chi connectivity index (χ0n) is 18.0. The van der Waals surface area contributed by atoms with Gasteiger partial charge in [-0.15, -0.1) is 0 Å². The SMILES string of the molecule is COc1ccc(-c2nn(-c3ccccc3)cc2C(=O)OC(C)C(=O)Nc2ncccn2)cc1. The molecule has 2 aromatic carbocycles. The maximum Gasteiger partial charge on any atom is 0.342 e. The Morgan fingerprint density at radius 3 is 2.33 bits per heavy atom. The predicted octanol–water partition coefficient (Wildman–Crippen LogP) is 3.52. The second kappa shape index (κ2) is 9.73. The van der Waals surface area contributed by atoms with Gasteiger partial charge in [-0.1, -0.05) is 18.2 Å². The van der Waals surface area contributed by atoms with E-state index in [9.17, 15) is 9.59 Å². The molecule has 4 aromatic rings. The summed E-state index contributed by atoms with van der Waals surface area (Å²) in [5.74, 6) is -0.421. The van der Waals surface area contributed by atoms with Crippen molar-refractivity contribution in [3.63, 3.8) is 0 Å². The van der Waals surface area contributed by atoms with Gasteiger partial charge < -0.3 is 9.47 Å². The van der Waals surface area contributed by atoms with Crippen molar-refractivity contribution in [3.05, 3.63) is 84.8 Å². The van der Waals surface area contributed by atoms with Crippen LogP contribution in [0, 0.1) is 0 Å². The molecule has 0 saturated carbocycles. The number of methoxy groups -OCH3 is 1. The quantitative estimate of drug-likeness (QED) is 0.435. The van der Waals surface area contributed by atoms with E-state index in [0.29, 0.717) is 17.0 Å². The van der Waals surface area contributed by atoms with E-state index >= 15 is 0 Å². The topological polar surface area (TPSA) is 108 Å². The molecule has 0 saturated heterocycles. The molecular weight excluding hydrogens is 422 g/mol. The molecule has 0 radical (unpaired) electrons. The molecule has 0 aliphatic carbocycles. The Morgan fingerprint density at radius 1 is 0.970 bits per heavy atom. The summed E-state index contributed by atoms with van der Waals surface area (Å²) in [6.07, 6.45) is 3.50. The lowest BCUT2D eigenvalue weighted by molar-refractivity contribution is -0.123. The number of hydrogen-bond acceptors (Lipinski definition) is 7. The molecule has 1 atom stereocenters. The minimum atomic E-state index is -1.08. The van der Waals surface area contributed by atoms with Gasteiger partial charge in [-0.25, -0.2) is 19.4 Å². The van der Waals surface area contributed by atoms with Crippen molar-refractivity contribution >= 4 is 17.8 Å². The molecule has 0 bridgehead atoms. The van der Waals surface area contributed by atoms with Crippen LogP contribution in [0.3, 0.4) is 0 Å². The number of aromatic nitrogens is 4. The van der Waals surface area contributed by atoms with Gasteiger partial charge in [0.15, 0.2) is 6.10 Å². The molecule has 2 aromatic heterocycles. The van der Waals surface area contributed by atoms with Gasteiger partial charge in [-0.05, 0) is 49.4 Å². The fourth-order valence-electron chi connectivity index (χ4n) is 3.05. The van der Waals surface area contributed by atoms with Gasteiger partial charge in [0, 0.05) is 24.2 Å². The number of carbonyl (C=O) groups is 2. The number of nitrogens with one attached hydrogen (secondary N) is 1. The Kier molecular flexibility index (Phi) is 6.40. The van der Waals surface area contributed by atoms with Crippen molar-refractivity contribution in [1.29, 1.82) is 0 Å².